The Labute approximate surface area is 115 Å². The summed E-state index contributed by atoms with van der Waals surface area (Å²) in [5.41, 5.74) is 0. The van der Waals surface area contributed by atoms with Crippen molar-refractivity contribution in [3.05, 3.63) is 11.9 Å². The Morgan fingerprint density at radius 1 is 1.42 bits per heavy atom. The number of aliphatic hydroxyl groups is 1. The van der Waals surface area contributed by atoms with Crippen LogP contribution < -0.4 is 10.2 Å². The minimum atomic E-state index is 0.188. The monoisotopic (exact) mass is 264 g/mol. The summed E-state index contributed by atoms with van der Waals surface area (Å²) in [4.78, 5) is 11.4. The zero-order chi connectivity index (χ0) is 13.8. The molecule has 5 nitrogen and oxygen atoms in total. The second-order valence-electron chi connectivity index (χ2n) is 5.40. The second-order valence-corrected chi connectivity index (χ2v) is 5.40. The Morgan fingerprint density at radius 3 is 2.84 bits per heavy atom. The normalized spacial score (nSPS) is 19.8. The average molecular weight is 264 g/mol. The molecule has 0 saturated carbocycles. The van der Waals surface area contributed by atoms with Gasteiger partial charge in [-0.2, -0.15) is 0 Å². The summed E-state index contributed by atoms with van der Waals surface area (Å²) in [7, 11) is 1.87. The van der Waals surface area contributed by atoms with E-state index in [1.165, 1.54) is 6.42 Å². The van der Waals surface area contributed by atoms with E-state index in [0.29, 0.717) is 5.92 Å². The van der Waals surface area contributed by atoms with Crippen molar-refractivity contribution < 1.29 is 5.11 Å². The number of aliphatic hydroxyl groups excluding tert-OH is 1. The summed E-state index contributed by atoms with van der Waals surface area (Å²) in [6.45, 7) is 5.34. The van der Waals surface area contributed by atoms with Gasteiger partial charge in [0.05, 0.1) is 12.6 Å². The highest BCUT2D eigenvalue weighted by atomic mass is 16.3. The quantitative estimate of drug-likeness (QED) is 0.871. The zero-order valence-electron chi connectivity index (χ0n) is 12.1. The third-order valence-electron chi connectivity index (χ3n) is 3.63. The summed E-state index contributed by atoms with van der Waals surface area (Å²) in [5, 5.41) is 12.6. The fourth-order valence-corrected chi connectivity index (χ4v) is 2.48. The van der Waals surface area contributed by atoms with Crippen molar-refractivity contribution in [1.29, 1.82) is 0 Å². The summed E-state index contributed by atoms with van der Waals surface area (Å²) in [5.74, 6) is 2.92. The molecule has 1 aromatic heterocycles. The van der Waals surface area contributed by atoms with Crippen molar-refractivity contribution in [2.75, 3.05) is 30.4 Å². The molecule has 19 heavy (non-hydrogen) atoms. The zero-order valence-corrected chi connectivity index (χ0v) is 12.1. The molecule has 0 bridgehead atoms. The molecule has 0 spiro atoms. The van der Waals surface area contributed by atoms with E-state index in [4.69, 9.17) is 0 Å². The first-order chi connectivity index (χ1) is 9.15. The van der Waals surface area contributed by atoms with E-state index in [1.54, 1.807) is 0 Å². The molecular weight excluding hydrogens is 240 g/mol. The van der Waals surface area contributed by atoms with Gasteiger partial charge in [0.2, 0.25) is 0 Å². The fourth-order valence-electron chi connectivity index (χ4n) is 2.48. The van der Waals surface area contributed by atoms with Gasteiger partial charge in [0.15, 0.2) is 0 Å². The highest BCUT2D eigenvalue weighted by Gasteiger charge is 2.24. The summed E-state index contributed by atoms with van der Waals surface area (Å²) in [6.07, 6.45) is 3.38. The van der Waals surface area contributed by atoms with Crippen LogP contribution in [0.5, 0.6) is 0 Å². The predicted molar refractivity (Wildman–Crippen MR) is 77.7 cm³/mol. The molecule has 1 atom stereocenters. The van der Waals surface area contributed by atoms with Crippen molar-refractivity contribution in [3.8, 4) is 0 Å². The number of hydrogen-bond acceptors (Lipinski definition) is 5. The SMILES string of the molecule is CNc1cc(N2CCCCC2CO)nc(C(C)C)n1. The largest absolute Gasteiger partial charge is 0.394 e. The van der Waals surface area contributed by atoms with Gasteiger partial charge in [-0.3, -0.25) is 0 Å². The Hall–Kier alpha value is -1.36. The maximum atomic E-state index is 9.53. The topological polar surface area (TPSA) is 61.3 Å². The molecule has 2 heterocycles. The van der Waals surface area contributed by atoms with Gasteiger partial charge >= 0.3 is 0 Å². The first-order valence-electron chi connectivity index (χ1n) is 7.10. The van der Waals surface area contributed by atoms with Crippen LogP contribution in [0.25, 0.3) is 0 Å². The van der Waals surface area contributed by atoms with Crippen LogP contribution >= 0.6 is 0 Å². The van der Waals surface area contributed by atoms with Gasteiger partial charge in [-0.15, -0.1) is 0 Å². The van der Waals surface area contributed by atoms with Crippen LogP contribution in [0.1, 0.15) is 44.9 Å². The van der Waals surface area contributed by atoms with E-state index in [1.807, 2.05) is 13.1 Å². The van der Waals surface area contributed by atoms with Gasteiger partial charge in [-0.05, 0) is 19.3 Å². The van der Waals surface area contributed by atoms with Crippen LogP contribution in [0, 0.1) is 0 Å². The van der Waals surface area contributed by atoms with Gasteiger partial charge in [-0.1, -0.05) is 13.8 Å². The van der Waals surface area contributed by atoms with Crippen LogP contribution in [0.4, 0.5) is 11.6 Å². The van der Waals surface area contributed by atoms with Crippen molar-refractivity contribution >= 4 is 11.6 Å². The third kappa shape index (κ3) is 3.15. The molecule has 5 heteroatoms. The van der Waals surface area contributed by atoms with Crippen LogP contribution in [-0.2, 0) is 0 Å². The molecule has 106 valence electrons. The van der Waals surface area contributed by atoms with E-state index in [9.17, 15) is 5.11 Å². The summed E-state index contributed by atoms with van der Waals surface area (Å²) in [6, 6.07) is 2.16. The van der Waals surface area contributed by atoms with Gasteiger partial charge in [-0.25, -0.2) is 9.97 Å². The molecule has 1 aliphatic heterocycles. The maximum absolute atomic E-state index is 9.53. The first-order valence-corrected chi connectivity index (χ1v) is 7.10. The lowest BCUT2D eigenvalue weighted by molar-refractivity contribution is 0.239. The number of nitrogens with one attached hydrogen (secondary N) is 1. The van der Waals surface area contributed by atoms with Crippen molar-refractivity contribution in [1.82, 2.24) is 9.97 Å². The third-order valence-corrected chi connectivity index (χ3v) is 3.63. The van der Waals surface area contributed by atoms with E-state index in [2.05, 4.69) is 34.0 Å². The molecular formula is C14H24N4O. The molecule has 0 aliphatic carbocycles. The number of hydrogen-bond donors (Lipinski definition) is 2. The van der Waals surface area contributed by atoms with Gasteiger partial charge in [0.25, 0.3) is 0 Å². The molecule has 2 N–H and O–H groups in total. The van der Waals surface area contributed by atoms with E-state index < -0.39 is 0 Å². The van der Waals surface area contributed by atoms with Gasteiger partial charge < -0.3 is 15.3 Å². The molecule has 1 saturated heterocycles. The van der Waals surface area contributed by atoms with Crippen LogP contribution in [0.2, 0.25) is 0 Å². The smallest absolute Gasteiger partial charge is 0.135 e. The maximum Gasteiger partial charge on any atom is 0.135 e. The molecule has 1 aromatic rings. The Morgan fingerprint density at radius 2 is 2.21 bits per heavy atom. The van der Waals surface area contributed by atoms with Crippen molar-refractivity contribution in [3.63, 3.8) is 0 Å². The molecule has 1 unspecified atom stereocenters. The minimum absolute atomic E-state index is 0.188. The number of nitrogens with zero attached hydrogens (tertiary/aromatic N) is 3. The molecule has 2 rings (SSSR count). The predicted octanol–water partition coefficient (Wildman–Crippen LogP) is 1.99. The Balaban J connectivity index is 2.33. The van der Waals surface area contributed by atoms with Gasteiger partial charge in [0, 0.05) is 25.6 Å². The lowest BCUT2D eigenvalue weighted by Gasteiger charge is -2.35. The summed E-state index contributed by atoms with van der Waals surface area (Å²) >= 11 is 0. The van der Waals surface area contributed by atoms with Crippen LogP contribution in [-0.4, -0.2) is 41.3 Å². The lowest BCUT2D eigenvalue weighted by atomic mass is 10.0. The average Bonchev–Trinajstić information content (AvgIpc) is 2.46. The van der Waals surface area contributed by atoms with E-state index >= 15 is 0 Å². The number of piperidine rings is 1. The Kier molecular flexibility index (Phi) is 4.58. The number of anilines is 2. The van der Waals surface area contributed by atoms with Crippen molar-refractivity contribution in [2.24, 2.45) is 0 Å². The van der Waals surface area contributed by atoms with E-state index in [-0.39, 0.29) is 12.6 Å². The standard InChI is InChI=1S/C14H24N4O/c1-10(2)14-16-12(15-3)8-13(17-14)18-7-5-4-6-11(18)9-19/h8,10-11,19H,4-7,9H2,1-3H3,(H,15,16,17). The van der Waals surface area contributed by atoms with Crippen LogP contribution in [0.15, 0.2) is 6.07 Å². The minimum Gasteiger partial charge on any atom is -0.394 e. The number of rotatable bonds is 4. The highest BCUT2D eigenvalue weighted by molar-refractivity contribution is 5.50. The first kappa shape index (κ1) is 14.1. The number of aromatic nitrogens is 2. The Bertz CT molecular complexity index is 422. The second kappa shape index (κ2) is 6.19. The fraction of sp³-hybridized carbons (Fsp3) is 0.714. The molecule has 1 aliphatic rings. The van der Waals surface area contributed by atoms with Gasteiger partial charge in [0.1, 0.15) is 17.5 Å². The molecule has 0 amide bonds. The van der Waals surface area contributed by atoms with E-state index in [0.717, 1.165) is 36.8 Å². The molecule has 1 fully saturated rings. The molecule has 0 radical (unpaired) electrons. The lowest BCUT2D eigenvalue weighted by Crippen LogP contribution is -2.42. The highest BCUT2D eigenvalue weighted by Crippen LogP contribution is 2.26. The summed E-state index contributed by atoms with van der Waals surface area (Å²) < 4.78 is 0. The molecule has 0 aromatic carbocycles. The van der Waals surface area contributed by atoms with Crippen molar-refractivity contribution in [2.45, 2.75) is 45.1 Å². The van der Waals surface area contributed by atoms with Crippen LogP contribution in [0.3, 0.4) is 0 Å².